The van der Waals surface area contributed by atoms with Gasteiger partial charge in [-0.15, -0.1) is 0 Å². The minimum absolute atomic E-state index is 0.351. The molecule has 0 amide bonds. The number of para-hydroxylation sites is 1. The summed E-state index contributed by atoms with van der Waals surface area (Å²) in [7, 11) is 0. The molecule has 140 valence electrons. The molecule has 0 radical (unpaired) electrons. The number of aromatic nitrogens is 3. The Kier molecular flexibility index (Phi) is 4.33. The highest BCUT2D eigenvalue weighted by molar-refractivity contribution is 9.10. The van der Waals surface area contributed by atoms with Crippen molar-refractivity contribution in [2.24, 2.45) is 0 Å². The van der Waals surface area contributed by atoms with Gasteiger partial charge in [0.15, 0.2) is 0 Å². The van der Waals surface area contributed by atoms with E-state index in [1.165, 1.54) is 18.4 Å². The van der Waals surface area contributed by atoms with Crippen LogP contribution in [0.4, 0.5) is 0 Å². The van der Waals surface area contributed by atoms with E-state index in [0.717, 1.165) is 20.9 Å². The first kappa shape index (κ1) is 17.6. The van der Waals surface area contributed by atoms with Crippen molar-refractivity contribution in [3.63, 3.8) is 0 Å². The molecule has 5 nitrogen and oxygen atoms in total. The first-order valence-electron chi connectivity index (χ1n) is 9.00. The fourth-order valence-corrected chi connectivity index (χ4v) is 4.43. The summed E-state index contributed by atoms with van der Waals surface area (Å²) in [4.78, 5) is 17.4. The van der Waals surface area contributed by atoms with Gasteiger partial charge in [-0.1, -0.05) is 44.8 Å². The molecule has 1 saturated carbocycles. The second-order valence-corrected chi connectivity index (χ2v) is 8.26. The van der Waals surface area contributed by atoms with E-state index in [9.17, 15) is 4.79 Å². The highest BCUT2D eigenvalue weighted by atomic mass is 79.9. The third-order valence-electron chi connectivity index (χ3n) is 5.05. The number of benzene rings is 2. The lowest BCUT2D eigenvalue weighted by molar-refractivity contribution is 0.419. The fourth-order valence-electron chi connectivity index (χ4n) is 3.54. The predicted octanol–water partition coefficient (Wildman–Crippen LogP) is 5.26. The molecule has 0 bridgehead atoms. The fraction of sp³-hybridized carbons (Fsp3) is 0.190. The zero-order valence-corrected chi connectivity index (χ0v) is 17.1. The number of rotatable bonds is 4. The monoisotopic (exact) mass is 455 g/mol. The number of nitrogens with zero attached hydrogens (tertiary/aromatic N) is 3. The second-order valence-electron chi connectivity index (χ2n) is 7.00. The highest BCUT2D eigenvalue weighted by Gasteiger charge is 2.27. The molecular formula is C21H15BrClN3O2. The van der Waals surface area contributed by atoms with E-state index in [4.69, 9.17) is 16.1 Å². The van der Waals surface area contributed by atoms with E-state index in [0.29, 0.717) is 28.7 Å². The molecule has 0 N–H and O–H groups in total. The maximum Gasteiger partial charge on any atom is 0.352 e. The minimum atomic E-state index is -0.351. The maximum absolute atomic E-state index is 13.1. The Morgan fingerprint density at radius 1 is 1.25 bits per heavy atom. The van der Waals surface area contributed by atoms with Crippen LogP contribution in [0, 0.1) is 0 Å². The van der Waals surface area contributed by atoms with Crippen molar-refractivity contribution in [1.29, 1.82) is 0 Å². The van der Waals surface area contributed by atoms with E-state index in [2.05, 4.69) is 38.2 Å². The van der Waals surface area contributed by atoms with Gasteiger partial charge in [0.25, 0.3) is 0 Å². The van der Waals surface area contributed by atoms with Gasteiger partial charge in [0.2, 0.25) is 0 Å². The van der Waals surface area contributed by atoms with Crippen LogP contribution in [-0.4, -0.2) is 14.7 Å². The molecule has 4 aromatic rings. The molecule has 0 aliphatic heterocycles. The number of hydrogen-bond acceptors (Lipinski definition) is 4. The zero-order valence-electron chi connectivity index (χ0n) is 14.7. The molecule has 0 atom stereocenters. The number of hydrogen-bond donors (Lipinski definition) is 0. The zero-order chi connectivity index (χ0) is 19.3. The van der Waals surface area contributed by atoms with Crippen LogP contribution in [0.15, 0.2) is 62.6 Å². The van der Waals surface area contributed by atoms with Gasteiger partial charge in [-0.2, -0.15) is 4.98 Å². The van der Waals surface area contributed by atoms with Crippen LogP contribution < -0.4 is 5.69 Å². The van der Waals surface area contributed by atoms with E-state index in [1.54, 1.807) is 23.1 Å². The van der Waals surface area contributed by atoms with E-state index in [-0.39, 0.29) is 5.69 Å². The molecule has 1 fully saturated rings. The maximum atomic E-state index is 13.1. The van der Waals surface area contributed by atoms with Gasteiger partial charge in [-0.25, -0.2) is 4.79 Å². The summed E-state index contributed by atoms with van der Waals surface area (Å²) in [5, 5.41) is 5.16. The molecule has 28 heavy (non-hydrogen) atoms. The van der Waals surface area contributed by atoms with Crippen LogP contribution >= 0.6 is 27.5 Å². The molecular weight excluding hydrogens is 442 g/mol. The summed E-state index contributed by atoms with van der Waals surface area (Å²) in [6.07, 6.45) is 6.01. The molecule has 1 aliphatic carbocycles. The van der Waals surface area contributed by atoms with Crippen molar-refractivity contribution in [2.45, 2.75) is 25.2 Å². The quantitative estimate of drug-likeness (QED) is 0.420. The third-order valence-corrected chi connectivity index (χ3v) is 6.06. The minimum Gasteiger partial charge on any atom is -0.364 e. The topological polar surface area (TPSA) is 60.9 Å². The van der Waals surface area contributed by atoms with Crippen molar-refractivity contribution in [2.75, 3.05) is 0 Å². The third kappa shape index (κ3) is 3.06. The van der Waals surface area contributed by atoms with Gasteiger partial charge in [-0.05, 0) is 48.6 Å². The summed E-state index contributed by atoms with van der Waals surface area (Å²) in [6, 6.07) is 11.5. The van der Waals surface area contributed by atoms with Crippen LogP contribution in [0.5, 0.6) is 0 Å². The lowest BCUT2D eigenvalue weighted by Gasteiger charge is -2.16. The Morgan fingerprint density at radius 2 is 2.07 bits per heavy atom. The Balaban J connectivity index is 1.82. The van der Waals surface area contributed by atoms with E-state index in [1.807, 2.05) is 18.2 Å². The van der Waals surface area contributed by atoms with Crippen molar-refractivity contribution in [1.82, 2.24) is 14.7 Å². The first-order chi connectivity index (χ1) is 13.6. The number of fused-ring (bicyclic) bond motifs is 1. The summed E-state index contributed by atoms with van der Waals surface area (Å²) in [6.45, 7) is 0. The van der Waals surface area contributed by atoms with E-state index < -0.39 is 0 Å². The summed E-state index contributed by atoms with van der Waals surface area (Å²) in [5.41, 5.74) is 3.86. The van der Waals surface area contributed by atoms with Crippen LogP contribution in [-0.2, 0) is 6.42 Å². The van der Waals surface area contributed by atoms with Gasteiger partial charge in [0, 0.05) is 21.8 Å². The summed E-state index contributed by atoms with van der Waals surface area (Å²) >= 11 is 10.1. The molecule has 1 aliphatic rings. The van der Waals surface area contributed by atoms with Gasteiger partial charge in [0.05, 0.1) is 28.1 Å². The molecule has 0 unspecified atom stereocenters. The van der Waals surface area contributed by atoms with Crippen molar-refractivity contribution < 1.29 is 4.52 Å². The van der Waals surface area contributed by atoms with Crippen LogP contribution in [0.25, 0.3) is 16.6 Å². The normalized spacial score (nSPS) is 13.9. The lowest BCUT2D eigenvalue weighted by atomic mass is 10.0. The Bertz CT molecular complexity index is 1250. The van der Waals surface area contributed by atoms with Gasteiger partial charge < -0.3 is 4.52 Å². The molecule has 5 rings (SSSR count). The average molecular weight is 457 g/mol. The first-order valence-corrected chi connectivity index (χ1v) is 10.2. The standard InChI is InChI=1S/C21H15BrClN3O2/c22-16-8-15-18(7-12-10-24-28-11-12)25-21(27)26(19-4-2-1-3-17(19)23)20(15)9-14(16)13-5-6-13/h1-4,8-11,13H,5-7H2. The number of halogens is 2. The van der Waals surface area contributed by atoms with E-state index >= 15 is 0 Å². The van der Waals surface area contributed by atoms with Gasteiger partial charge >= 0.3 is 5.69 Å². The Hall–Kier alpha value is -2.44. The predicted molar refractivity (Wildman–Crippen MR) is 111 cm³/mol. The van der Waals surface area contributed by atoms with Crippen molar-refractivity contribution in [3.8, 4) is 5.69 Å². The largest absolute Gasteiger partial charge is 0.364 e. The molecule has 2 aromatic heterocycles. The van der Waals surface area contributed by atoms with Gasteiger partial charge in [-0.3, -0.25) is 4.57 Å². The van der Waals surface area contributed by atoms with Crippen molar-refractivity contribution in [3.05, 3.63) is 85.7 Å². The van der Waals surface area contributed by atoms with Crippen LogP contribution in [0.3, 0.4) is 0 Å². The Labute approximate surface area is 174 Å². The molecule has 2 heterocycles. The average Bonchev–Trinajstić information content (AvgIpc) is 3.39. The van der Waals surface area contributed by atoms with Crippen molar-refractivity contribution >= 4 is 38.4 Å². The summed E-state index contributed by atoms with van der Waals surface area (Å²) in [5.74, 6) is 0.531. The lowest BCUT2D eigenvalue weighted by Crippen LogP contribution is -2.24. The molecule has 0 spiro atoms. The molecule has 0 saturated heterocycles. The SMILES string of the molecule is O=c1nc(Cc2cnoc2)c2cc(Br)c(C3CC3)cc2n1-c1ccccc1Cl. The molecule has 2 aromatic carbocycles. The van der Waals surface area contributed by atoms with Crippen LogP contribution in [0.1, 0.15) is 35.6 Å². The smallest absolute Gasteiger partial charge is 0.352 e. The van der Waals surface area contributed by atoms with Crippen LogP contribution in [0.2, 0.25) is 5.02 Å². The Morgan fingerprint density at radius 3 is 2.79 bits per heavy atom. The summed E-state index contributed by atoms with van der Waals surface area (Å²) < 4.78 is 7.58. The second kappa shape index (κ2) is 6.87. The van der Waals surface area contributed by atoms with Gasteiger partial charge in [0.1, 0.15) is 6.26 Å². The molecule has 7 heteroatoms. The highest BCUT2D eigenvalue weighted by Crippen LogP contribution is 2.45.